The van der Waals surface area contributed by atoms with Crippen LogP contribution in [0, 0.1) is 12.8 Å². The number of nitrogens with zero attached hydrogens (tertiary/aromatic N) is 2. The minimum absolute atomic E-state index is 0.0720. The molecule has 0 radical (unpaired) electrons. The maximum atomic E-state index is 12.1. The van der Waals surface area contributed by atoms with Crippen molar-refractivity contribution in [3.05, 3.63) is 16.1 Å². The molecular weight excluding hydrogens is 332 g/mol. The predicted octanol–water partition coefficient (Wildman–Crippen LogP) is 1.34. The minimum atomic E-state index is -0.463. The molecule has 0 spiro atoms. The summed E-state index contributed by atoms with van der Waals surface area (Å²) in [6.07, 6.45) is 1.23. The van der Waals surface area contributed by atoms with Gasteiger partial charge in [0.25, 0.3) is 5.91 Å². The van der Waals surface area contributed by atoms with Gasteiger partial charge in [-0.15, -0.1) is 11.3 Å². The third kappa shape index (κ3) is 5.30. The van der Waals surface area contributed by atoms with Gasteiger partial charge in [0, 0.05) is 18.5 Å². The molecule has 0 bridgehead atoms. The largest absolute Gasteiger partial charge is 0.466 e. The number of carbonyl (C=O) groups excluding carboxylic acids is 3. The van der Waals surface area contributed by atoms with Gasteiger partial charge in [-0.3, -0.25) is 14.4 Å². The average molecular weight is 354 g/mol. The van der Waals surface area contributed by atoms with Crippen LogP contribution in [0.2, 0.25) is 0 Å². The van der Waals surface area contributed by atoms with Gasteiger partial charge in [-0.25, -0.2) is 4.98 Å². The Morgan fingerprint density at radius 1 is 1.29 bits per heavy atom. The fraction of sp³-hybridized carbons (Fsp3) is 0.625. The van der Waals surface area contributed by atoms with Crippen molar-refractivity contribution in [2.45, 2.75) is 33.1 Å². The summed E-state index contributed by atoms with van der Waals surface area (Å²) in [5, 5.41) is 2.69. The molecule has 0 unspecified atom stereocenters. The highest BCUT2D eigenvalue weighted by Crippen LogP contribution is 2.18. The van der Waals surface area contributed by atoms with Crippen molar-refractivity contribution < 1.29 is 23.9 Å². The summed E-state index contributed by atoms with van der Waals surface area (Å²) in [4.78, 5) is 41.3. The van der Waals surface area contributed by atoms with Crippen LogP contribution in [0.25, 0.3) is 0 Å². The average Bonchev–Trinajstić information content (AvgIpc) is 2.98. The highest BCUT2D eigenvalue weighted by Gasteiger charge is 2.28. The number of aryl methyl sites for hydroxylation is 1. The lowest BCUT2D eigenvalue weighted by molar-refractivity contribution is -0.154. The Balaban J connectivity index is 1.69. The van der Waals surface area contributed by atoms with Crippen LogP contribution in [0.15, 0.2) is 5.38 Å². The van der Waals surface area contributed by atoms with E-state index in [4.69, 9.17) is 9.47 Å². The fourth-order valence-corrected chi connectivity index (χ4v) is 3.16. The molecular formula is C16H22N2O5S. The second-order valence-electron chi connectivity index (χ2n) is 5.60. The molecule has 1 fully saturated rings. The Morgan fingerprint density at radius 3 is 2.58 bits per heavy atom. The van der Waals surface area contributed by atoms with Crippen LogP contribution in [0.3, 0.4) is 0 Å². The van der Waals surface area contributed by atoms with Gasteiger partial charge in [0.2, 0.25) is 0 Å². The second kappa shape index (κ2) is 8.77. The maximum absolute atomic E-state index is 12.1. The molecule has 0 aliphatic carbocycles. The zero-order valence-electron chi connectivity index (χ0n) is 13.9. The lowest BCUT2D eigenvalue weighted by Gasteiger charge is -2.30. The van der Waals surface area contributed by atoms with E-state index in [1.54, 1.807) is 17.2 Å². The summed E-state index contributed by atoms with van der Waals surface area (Å²) < 4.78 is 10.0. The SMILES string of the molecule is CCOC(=O)C1CCN(C(=O)COC(=O)Cc2csc(C)n2)CC1. The van der Waals surface area contributed by atoms with Gasteiger partial charge in [-0.05, 0) is 26.7 Å². The van der Waals surface area contributed by atoms with Gasteiger partial charge < -0.3 is 14.4 Å². The van der Waals surface area contributed by atoms with E-state index in [1.807, 2.05) is 6.92 Å². The van der Waals surface area contributed by atoms with Crippen molar-refractivity contribution in [1.82, 2.24) is 9.88 Å². The molecule has 1 aliphatic heterocycles. The molecule has 1 saturated heterocycles. The number of likely N-dealkylation sites (tertiary alicyclic amines) is 1. The number of thiazole rings is 1. The van der Waals surface area contributed by atoms with E-state index in [0.717, 1.165) is 5.01 Å². The monoisotopic (exact) mass is 354 g/mol. The quantitative estimate of drug-likeness (QED) is 0.717. The number of carbonyl (C=O) groups is 3. The number of amides is 1. The van der Waals surface area contributed by atoms with E-state index in [2.05, 4.69) is 4.98 Å². The molecule has 1 amide bonds. The highest BCUT2D eigenvalue weighted by molar-refractivity contribution is 7.09. The number of hydrogen-bond donors (Lipinski definition) is 0. The Labute approximate surface area is 145 Å². The molecule has 132 valence electrons. The Bertz CT molecular complexity index is 593. The second-order valence-corrected chi connectivity index (χ2v) is 6.66. The van der Waals surface area contributed by atoms with Gasteiger partial charge in [0.15, 0.2) is 6.61 Å². The first-order valence-electron chi connectivity index (χ1n) is 8.00. The molecule has 0 N–H and O–H groups in total. The third-order valence-electron chi connectivity index (χ3n) is 3.82. The van der Waals surface area contributed by atoms with Crippen LogP contribution < -0.4 is 0 Å². The van der Waals surface area contributed by atoms with Crippen molar-refractivity contribution in [3.8, 4) is 0 Å². The Hall–Kier alpha value is -1.96. The summed E-state index contributed by atoms with van der Waals surface area (Å²) in [5.41, 5.74) is 0.658. The van der Waals surface area contributed by atoms with Gasteiger partial charge in [0.05, 0.1) is 29.6 Å². The zero-order chi connectivity index (χ0) is 17.5. The van der Waals surface area contributed by atoms with E-state index < -0.39 is 5.97 Å². The molecule has 1 aliphatic rings. The number of piperidine rings is 1. The van der Waals surface area contributed by atoms with E-state index in [-0.39, 0.29) is 30.8 Å². The van der Waals surface area contributed by atoms with Crippen LogP contribution in [0.4, 0.5) is 0 Å². The first kappa shape index (κ1) is 18.4. The summed E-state index contributed by atoms with van der Waals surface area (Å²) in [7, 11) is 0. The van der Waals surface area contributed by atoms with E-state index in [9.17, 15) is 14.4 Å². The number of ether oxygens (including phenoxy) is 2. The van der Waals surface area contributed by atoms with Crippen molar-refractivity contribution in [2.75, 3.05) is 26.3 Å². The van der Waals surface area contributed by atoms with E-state index in [0.29, 0.717) is 38.2 Å². The lowest BCUT2D eigenvalue weighted by Crippen LogP contribution is -2.42. The minimum Gasteiger partial charge on any atom is -0.466 e. The summed E-state index contributed by atoms with van der Waals surface area (Å²) in [5.74, 6) is -1.05. The van der Waals surface area contributed by atoms with Gasteiger partial charge in [-0.1, -0.05) is 0 Å². The smallest absolute Gasteiger partial charge is 0.312 e. The molecule has 0 aromatic carbocycles. The zero-order valence-corrected chi connectivity index (χ0v) is 14.8. The van der Waals surface area contributed by atoms with Crippen molar-refractivity contribution in [2.24, 2.45) is 5.92 Å². The standard InChI is InChI=1S/C16H22N2O5S/c1-3-22-16(21)12-4-6-18(7-5-12)14(19)9-23-15(20)8-13-10-24-11(2)17-13/h10,12H,3-9H2,1-2H3. The van der Waals surface area contributed by atoms with Gasteiger partial charge in [-0.2, -0.15) is 0 Å². The van der Waals surface area contributed by atoms with Crippen LogP contribution in [0.1, 0.15) is 30.5 Å². The normalized spacial score (nSPS) is 15.2. The van der Waals surface area contributed by atoms with Crippen LogP contribution in [-0.4, -0.2) is 54.0 Å². The van der Waals surface area contributed by atoms with Crippen LogP contribution in [-0.2, 0) is 30.3 Å². The topological polar surface area (TPSA) is 85.8 Å². The van der Waals surface area contributed by atoms with E-state index in [1.165, 1.54) is 11.3 Å². The summed E-state index contributed by atoms with van der Waals surface area (Å²) in [6.45, 7) is 4.69. The molecule has 0 saturated carbocycles. The van der Waals surface area contributed by atoms with Gasteiger partial charge >= 0.3 is 11.9 Å². The first-order chi connectivity index (χ1) is 11.5. The summed E-state index contributed by atoms with van der Waals surface area (Å²) in [6, 6.07) is 0. The molecule has 0 atom stereocenters. The summed E-state index contributed by atoms with van der Waals surface area (Å²) >= 11 is 1.47. The third-order valence-corrected chi connectivity index (χ3v) is 4.64. The lowest BCUT2D eigenvalue weighted by atomic mass is 9.97. The molecule has 8 heteroatoms. The number of rotatable bonds is 6. The Kier molecular flexibility index (Phi) is 6.72. The molecule has 2 heterocycles. The molecule has 1 aromatic heterocycles. The molecule has 1 aromatic rings. The molecule has 24 heavy (non-hydrogen) atoms. The molecule has 7 nitrogen and oxygen atoms in total. The van der Waals surface area contributed by atoms with E-state index >= 15 is 0 Å². The number of hydrogen-bond acceptors (Lipinski definition) is 7. The maximum Gasteiger partial charge on any atom is 0.312 e. The fourth-order valence-electron chi connectivity index (χ4n) is 2.55. The van der Waals surface area contributed by atoms with Crippen molar-refractivity contribution in [1.29, 1.82) is 0 Å². The number of esters is 2. The predicted molar refractivity (Wildman–Crippen MR) is 87.5 cm³/mol. The van der Waals surface area contributed by atoms with Gasteiger partial charge in [0.1, 0.15) is 0 Å². The number of aromatic nitrogens is 1. The Morgan fingerprint density at radius 2 is 2.00 bits per heavy atom. The highest BCUT2D eigenvalue weighted by atomic mass is 32.1. The first-order valence-corrected chi connectivity index (χ1v) is 8.88. The van der Waals surface area contributed by atoms with Crippen molar-refractivity contribution in [3.63, 3.8) is 0 Å². The van der Waals surface area contributed by atoms with Crippen LogP contribution >= 0.6 is 11.3 Å². The van der Waals surface area contributed by atoms with Crippen LogP contribution in [0.5, 0.6) is 0 Å². The molecule has 2 rings (SSSR count). The van der Waals surface area contributed by atoms with Crippen molar-refractivity contribution >= 4 is 29.2 Å².